The average molecular weight is 493 g/mol. The summed E-state index contributed by atoms with van der Waals surface area (Å²) in [5.41, 5.74) is 2.48. The lowest BCUT2D eigenvalue weighted by atomic mass is 9.57. The van der Waals surface area contributed by atoms with E-state index >= 15 is 0 Å². The van der Waals surface area contributed by atoms with Gasteiger partial charge in [0.25, 0.3) is 0 Å². The Morgan fingerprint density at radius 2 is 2.08 bits per heavy atom. The van der Waals surface area contributed by atoms with Gasteiger partial charge < -0.3 is 14.8 Å². The summed E-state index contributed by atoms with van der Waals surface area (Å²) < 4.78 is 24.3. The van der Waals surface area contributed by atoms with Gasteiger partial charge >= 0.3 is 12.1 Å². The number of cyclic esters (lactones) is 1. The van der Waals surface area contributed by atoms with E-state index in [1.807, 2.05) is 31.2 Å². The number of nitrogens with one attached hydrogen (secondary N) is 1. The largest absolute Gasteiger partial charge is 0.462 e. The number of carbonyl (C=O) groups is 2. The van der Waals surface area contributed by atoms with Crippen molar-refractivity contribution in [2.24, 2.45) is 29.6 Å². The van der Waals surface area contributed by atoms with Gasteiger partial charge in [-0.15, -0.1) is 0 Å². The lowest BCUT2D eigenvalue weighted by molar-refractivity contribution is -0.144. The van der Waals surface area contributed by atoms with Crippen molar-refractivity contribution in [2.75, 3.05) is 6.61 Å². The van der Waals surface area contributed by atoms with E-state index in [1.165, 1.54) is 12.1 Å². The van der Waals surface area contributed by atoms with Gasteiger partial charge in [-0.25, -0.2) is 9.18 Å². The summed E-state index contributed by atoms with van der Waals surface area (Å²) in [6.07, 6.45) is 9.07. The van der Waals surface area contributed by atoms with E-state index in [0.29, 0.717) is 18.4 Å². The van der Waals surface area contributed by atoms with Crippen molar-refractivity contribution in [3.8, 4) is 11.1 Å². The first-order valence-corrected chi connectivity index (χ1v) is 13.0. The first-order valence-electron chi connectivity index (χ1n) is 13.0. The number of aromatic nitrogens is 1. The van der Waals surface area contributed by atoms with Crippen LogP contribution in [0.25, 0.3) is 17.2 Å². The Balaban J connectivity index is 1.34. The maximum absolute atomic E-state index is 13.6. The number of halogens is 1. The molecule has 1 aromatic carbocycles. The predicted octanol–water partition coefficient (Wildman–Crippen LogP) is 5.63. The van der Waals surface area contributed by atoms with Crippen LogP contribution in [0.15, 0.2) is 48.7 Å². The van der Waals surface area contributed by atoms with Gasteiger partial charge in [-0.05, 0) is 87.1 Å². The van der Waals surface area contributed by atoms with Crippen molar-refractivity contribution in [1.82, 2.24) is 10.3 Å². The summed E-state index contributed by atoms with van der Waals surface area (Å²) in [6, 6.07) is 10.4. The molecule has 3 fully saturated rings. The molecule has 0 spiro atoms. The fourth-order valence-corrected chi connectivity index (χ4v) is 6.64. The Bertz CT molecular complexity index is 1130. The van der Waals surface area contributed by atoms with Crippen LogP contribution in [0, 0.1) is 35.4 Å². The normalized spacial score (nSPS) is 31.4. The maximum atomic E-state index is 13.6. The molecule has 0 radical (unpaired) electrons. The van der Waals surface area contributed by atoms with Crippen LogP contribution in [0.4, 0.5) is 9.18 Å². The Morgan fingerprint density at radius 3 is 2.83 bits per heavy atom. The Kier molecular flexibility index (Phi) is 7.08. The van der Waals surface area contributed by atoms with E-state index in [2.05, 4.69) is 16.4 Å². The molecule has 36 heavy (non-hydrogen) atoms. The van der Waals surface area contributed by atoms with Gasteiger partial charge in [0.15, 0.2) is 0 Å². The predicted molar refractivity (Wildman–Crippen MR) is 134 cm³/mol. The summed E-state index contributed by atoms with van der Waals surface area (Å²) in [5, 5.41) is 3.00. The number of hydrogen-bond donors (Lipinski definition) is 1. The second-order valence-corrected chi connectivity index (χ2v) is 10.3. The summed E-state index contributed by atoms with van der Waals surface area (Å²) in [5.74, 6) is 0.629. The molecule has 2 aromatic rings. The van der Waals surface area contributed by atoms with Gasteiger partial charge in [0.2, 0.25) is 0 Å². The number of ether oxygens (including phenoxy) is 2. The van der Waals surface area contributed by atoms with Gasteiger partial charge in [-0.3, -0.25) is 9.78 Å². The molecule has 3 aliphatic rings. The fraction of sp³-hybridized carbons (Fsp3) is 0.483. The highest BCUT2D eigenvalue weighted by atomic mass is 19.1. The molecule has 1 saturated heterocycles. The Hall–Kier alpha value is -3.22. The molecule has 7 atom stereocenters. The van der Waals surface area contributed by atoms with Gasteiger partial charge in [0, 0.05) is 23.7 Å². The number of hydrogen-bond acceptors (Lipinski definition) is 5. The highest BCUT2D eigenvalue weighted by Crippen LogP contribution is 2.53. The summed E-state index contributed by atoms with van der Waals surface area (Å²) in [6.45, 7) is 4.15. The molecule has 190 valence electrons. The minimum Gasteiger partial charge on any atom is -0.462 e. The molecule has 2 aliphatic carbocycles. The molecule has 0 bridgehead atoms. The number of alkyl carbamates (subject to hydrolysis) is 1. The van der Waals surface area contributed by atoms with Gasteiger partial charge in [-0.1, -0.05) is 24.3 Å². The van der Waals surface area contributed by atoms with Crippen molar-refractivity contribution in [3.63, 3.8) is 0 Å². The molecule has 1 aromatic heterocycles. The second kappa shape index (κ2) is 10.4. The highest BCUT2D eigenvalue weighted by Gasteiger charge is 2.54. The Labute approximate surface area is 211 Å². The number of rotatable bonds is 5. The van der Waals surface area contributed by atoms with Crippen molar-refractivity contribution in [1.29, 1.82) is 0 Å². The molecule has 0 unspecified atom stereocenters. The third-order valence-electron chi connectivity index (χ3n) is 8.18. The van der Waals surface area contributed by atoms with Crippen LogP contribution in [0.3, 0.4) is 0 Å². The lowest BCUT2D eigenvalue weighted by Crippen LogP contribution is -2.48. The number of esters is 1. The average Bonchev–Trinajstić information content (AvgIpc) is 3.15. The number of fused-ring (bicyclic) bond motifs is 2. The van der Waals surface area contributed by atoms with E-state index in [0.717, 1.165) is 42.5 Å². The number of allylic oxidation sites excluding steroid dienone is 1. The molecule has 7 heteroatoms. The van der Waals surface area contributed by atoms with Crippen LogP contribution < -0.4 is 5.32 Å². The number of nitrogens with zero attached hydrogens (tertiary/aromatic N) is 1. The summed E-state index contributed by atoms with van der Waals surface area (Å²) in [7, 11) is 0. The van der Waals surface area contributed by atoms with Gasteiger partial charge in [0.05, 0.1) is 18.2 Å². The molecule has 1 aliphatic heterocycles. The zero-order chi connectivity index (χ0) is 25.2. The van der Waals surface area contributed by atoms with Crippen LogP contribution >= 0.6 is 0 Å². The lowest BCUT2D eigenvalue weighted by Gasteiger charge is -2.47. The van der Waals surface area contributed by atoms with Crippen molar-refractivity contribution >= 4 is 18.1 Å². The van der Waals surface area contributed by atoms with Crippen LogP contribution in [-0.4, -0.2) is 35.8 Å². The van der Waals surface area contributed by atoms with Crippen LogP contribution in [-0.2, 0) is 14.3 Å². The number of carbonyl (C=O) groups excluding carboxylic acids is 2. The molecule has 1 N–H and O–H groups in total. The number of pyridine rings is 1. The Morgan fingerprint density at radius 1 is 1.22 bits per heavy atom. The van der Waals surface area contributed by atoms with Crippen molar-refractivity contribution < 1.29 is 23.5 Å². The third-order valence-corrected chi connectivity index (χ3v) is 8.18. The van der Waals surface area contributed by atoms with Crippen LogP contribution in [0.1, 0.15) is 45.2 Å². The van der Waals surface area contributed by atoms with Gasteiger partial charge in [-0.2, -0.15) is 0 Å². The summed E-state index contributed by atoms with van der Waals surface area (Å²) in [4.78, 5) is 29.2. The topological polar surface area (TPSA) is 77.5 Å². The standard InChI is InChI=1S/C29H33FN2O4/c1-3-35-29(34)32-23-10-11-24-20(14-23)15-26-27(17(2)36-28(26)33)25(24)12-9-22-8-7-19(16-31-22)18-5-4-6-21(30)13-18/h4-9,12-13,16-17,20,23-27H,3,10-11,14-15H2,1-2H3,(H,32,34)/t17-,20+,23+,24-,25-,26-,27-/m1/s1. The van der Waals surface area contributed by atoms with E-state index in [4.69, 9.17) is 9.47 Å². The van der Waals surface area contributed by atoms with E-state index < -0.39 is 0 Å². The quantitative estimate of drug-likeness (QED) is 0.548. The minimum atomic E-state index is -0.368. The molecule has 5 rings (SSSR count). The zero-order valence-electron chi connectivity index (χ0n) is 20.7. The first kappa shape index (κ1) is 24.5. The maximum Gasteiger partial charge on any atom is 0.407 e. The highest BCUT2D eigenvalue weighted by molar-refractivity contribution is 5.75. The van der Waals surface area contributed by atoms with Gasteiger partial charge in [0.1, 0.15) is 11.9 Å². The minimum absolute atomic E-state index is 0.0679. The van der Waals surface area contributed by atoms with Crippen LogP contribution in [0.5, 0.6) is 0 Å². The van der Waals surface area contributed by atoms with Crippen molar-refractivity contribution in [2.45, 2.75) is 51.7 Å². The third kappa shape index (κ3) is 5.01. The van der Waals surface area contributed by atoms with E-state index in [1.54, 1.807) is 19.2 Å². The van der Waals surface area contributed by atoms with Crippen LogP contribution in [0.2, 0.25) is 0 Å². The second-order valence-electron chi connectivity index (χ2n) is 10.3. The first-order chi connectivity index (χ1) is 17.4. The smallest absolute Gasteiger partial charge is 0.407 e. The number of benzene rings is 1. The fourth-order valence-electron chi connectivity index (χ4n) is 6.64. The van der Waals surface area contributed by atoms with E-state index in [-0.39, 0.29) is 47.8 Å². The summed E-state index contributed by atoms with van der Waals surface area (Å²) >= 11 is 0. The zero-order valence-corrected chi connectivity index (χ0v) is 20.7. The molecular weight excluding hydrogens is 459 g/mol. The SMILES string of the molecule is CCOC(=O)N[C@H]1CC[C@@H]2[C@@H](C1)C[C@H]1C(=O)O[C@H](C)[C@@H]1[C@@H]2C=Cc1ccc(-c2cccc(F)c2)cn1. The monoisotopic (exact) mass is 492 g/mol. The van der Waals surface area contributed by atoms with E-state index in [9.17, 15) is 14.0 Å². The molecule has 2 heterocycles. The molecular formula is C29H33FN2O4. The molecule has 2 saturated carbocycles. The molecule has 1 amide bonds. The van der Waals surface area contributed by atoms with Crippen molar-refractivity contribution in [3.05, 3.63) is 60.2 Å². The number of amides is 1. The molecule has 6 nitrogen and oxygen atoms in total.